The molecule has 0 radical (unpaired) electrons. The largest absolute Gasteiger partial charge is 0.507 e. The molecule has 1 aliphatic heterocycles. The topological polar surface area (TPSA) is 113 Å². The number of methoxy groups -OCH3 is 1. The fourth-order valence-electron chi connectivity index (χ4n) is 2.97. The summed E-state index contributed by atoms with van der Waals surface area (Å²) < 4.78 is 10.3. The van der Waals surface area contributed by atoms with Gasteiger partial charge in [0, 0.05) is 6.42 Å². The molecule has 0 bridgehead atoms. The molecule has 1 aliphatic carbocycles. The van der Waals surface area contributed by atoms with Crippen LogP contribution in [0.4, 0.5) is 0 Å². The monoisotopic (exact) mass is 306 g/mol. The number of aliphatic hydroxyl groups excluding tert-OH is 2. The number of Topliss-reactive ketones (excluding diaryl/α,β-unsaturated/α-hetero) is 1. The zero-order chi connectivity index (χ0) is 16.1. The summed E-state index contributed by atoms with van der Waals surface area (Å²) in [5, 5.41) is 30.6. The lowest BCUT2D eigenvalue weighted by Gasteiger charge is -2.42. The zero-order valence-corrected chi connectivity index (χ0v) is 11.7. The van der Waals surface area contributed by atoms with E-state index in [4.69, 9.17) is 4.74 Å². The Kier molecular flexibility index (Phi) is 3.10. The van der Waals surface area contributed by atoms with Crippen LogP contribution in [-0.4, -0.2) is 45.9 Å². The maximum Gasteiger partial charge on any atom is 0.358 e. The number of benzene rings is 1. The molecule has 1 saturated carbocycles. The van der Waals surface area contributed by atoms with Gasteiger partial charge < -0.3 is 24.8 Å². The first kappa shape index (κ1) is 14.4. The van der Waals surface area contributed by atoms with Crippen molar-refractivity contribution in [3.05, 3.63) is 29.3 Å². The Morgan fingerprint density at radius 1 is 1.41 bits per heavy atom. The fourth-order valence-corrected chi connectivity index (χ4v) is 2.97. The van der Waals surface area contributed by atoms with Crippen LogP contribution in [0.3, 0.4) is 0 Å². The molecule has 7 heteroatoms. The number of fused-ring (bicyclic) bond motifs is 2. The quantitative estimate of drug-likeness (QED) is 0.654. The van der Waals surface area contributed by atoms with Gasteiger partial charge in [0.2, 0.25) is 0 Å². The van der Waals surface area contributed by atoms with E-state index in [0.717, 1.165) is 7.11 Å². The number of phenols is 1. The van der Waals surface area contributed by atoms with Crippen molar-refractivity contribution < 1.29 is 34.4 Å². The summed E-state index contributed by atoms with van der Waals surface area (Å²) in [7, 11) is 1.10. The number of ether oxygens (including phenoxy) is 2. The number of ketones is 1. The summed E-state index contributed by atoms with van der Waals surface area (Å²) in [5.41, 5.74) is -2.58. The first-order valence-electron chi connectivity index (χ1n) is 6.68. The van der Waals surface area contributed by atoms with E-state index in [2.05, 4.69) is 4.74 Å². The normalized spacial score (nSPS) is 26.8. The minimum Gasteiger partial charge on any atom is -0.507 e. The van der Waals surface area contributed by atoms with Gasteiger partial charge in [-0.15, -0.1) is 0 Å². The third-order valence-corrected chi connectivity index (χ3v) is 4.00. The van der Waals surface area contributed by atoms with Crippen molar-refractivity contribution in [2.75, 3.05) is 7.11 Å². The van der Waals surface area contributed by atoms with Crippen LogP contribution < -0.4 is 4.74 Å². The molecular formula is C15H14O7. The lowest BCUT2D eigenvalue weighted by atomic mass is 9.74. The molecule has 7 nitrogen and oxygen atoms in total. The van der Waals surface area contributed by atoms with Gasteiger partial charge in [-0.3, -0.25) is 4.79 Å². The van der Waals surface area contributed by atoms with Crippen LogP contribution in [0.25, 0.3) is 5.76 Å². The summed E-state index contributed by atoms with van der Waals surface area (Å²) in [6, 6.07) is 4.18. The van der Waals surface area contributed by atoms with Crippen molar-refractivity contribution in [1.29, 1.82) is 0 Å². The minimum atomic E-state index is -2.12. The standard InChI is InChI=1S/C15H14O7/c1-21-14(20)15-10(18)6-5-8(17)12(15)13(19)11-7(16)3-2-4-9(11)22-15/h2-4,10,16,18-19H,5-6H2,1H3. The van der Waals surface area contributed by atoms with Gasteiger partial charge in [0.15, 0.2) is 5.78 Å². The van der Waals surface area contributed by atoms with Crippen LogP contribution in [0.1, 0.15) is 18.4 Å². The number of carbonyl (C=O) groups is 2. The fraction of sp³-hybridized carbons (Fsp3) is 0.333. The van der Waals surface area contributed by atoms with Gasteiger partial charge in [-0.05, 0) is 18.6 Å². The molecule has 0 spiro atoms. The smallest absolute Gasteiger partial charge is 0.358 e. The molecular weight excluding hydrogens is 292 g/mol. The maximum absolute atomic E-state index is 12.3. The Hall–Kier alpha value is -2.54. The second-order valence-corrected chi connectivity index (χ2v) is 5.18. The summed E-state index contributed by atoms with van der Waals surface area (Å²) in [4.78, 5) is 24.5. The number of hydrogen-bond acceptors (Lipinski definition) is 7. The molecule has 3 N–H and O–H groups in total. The third-order valence-electron chi connectivity index (χ3n) is 4.00. The first-order valence-corrected chi connectivity index (χ1v) is 6.68. The van der Waals surface area contributed by atoms with E-state index in [0.29, 0.717) is 0 Å². The van der Waals surface area contributed by atoms with E-state index < -0.39 is 29.2 Å². The average Bonchev–Trinajstić information content (AvgIpc) is 2.49. The summed E-state index contributed by atoms with van der Waals surface area (Å²) in [6.45, 7) is 0. The van der Waals surface area contributed by atoms with Crippen LogP contribution in [-0.2, 0) is 14.3 Å². The molecule has 3 rings (SSSR count). The number of phenolic OH excluding ortho intramolecular Hbond substituents is 1. The Bertz CT molecular complexity index is 706. The van der Waals surface area contributed by atoms with Crippen LogP contribution in [0, 0.1) is 0 Å². The summed E-state index contributed by atoms with van der Waals surface area (Å²) in [5.74, 6) is -2.41. The second kappa shape index (κ2) is 4.74. The zero-order valence-electron chi connectivity index (χ0n) is 11.7. The molecule has 0 aromatic heterocycles. The highest BCUT2D eigenvalue weighted by Gasteiger charge is 2.60. The van der Waals surface area contributed by atoms with Crippen molar-refractivity contribution in [2.45, 2.75) is 24.5 Å². The molecule has 2 atom stereocenters. The molecule has 2 unspecified atom stereocenters. The lowest BCUT2D eigenvalue weighted by molar-refractivity contribution is -0.169. The minimum absolute atomic E-state index is 0.00113. The van der Waals surface area contributed by atoms with Crippen LogP contribution in [0.15, 0.2) is 23.8 Å². The second-order valence-electron chi connectivity index (χ2n) is 5.18. The van der Waals surface area contributed by atoms with Gasteiger partial charge in [0.05, 0.1) is 12.7 Å². The predicted octanol–water partition coefficient (Wildman–Crippen LogP) is 0.689. The van der Waals surface area contributed by atoms with E-state index in [-0.39, 0.29) is 35.5 Å². The summed E-state index contributed by atoms with van der Waals surface area (Å²) >= 11 is 0. The molecule has 1 fully saturated rings. The van der Waals surface area contributed by atoms with E-state index in [1.165, 1.54) is 18.2 Å². The number of aromatic hydroxyl groups is 1. The van der Waals surface area contributed by atoms with E-state index in [9.17, 15) is 24.9 Å². The maximum atomic E-state index is 12.3. The molecule has 2 aliphatic rings. The molecule has 0 amide bonds. The molecule has 116 valence electrons. The van der Waals surface area contributed by atoms with Gasteiger partial charge in [0.25, 0.3) is 5.60 Å². The number of rotatable bonds is 1. The highest BCUT2D eigenvalue weighted by atomic mass is 16.6. The van der Waals surface area contributed by atoms with Crippen molar-refractivity contribution in [1.82, 2.24) is 0 Å². The Balaban J connectivity index is 2.34. The predicted molar refractivity (Wildman–Crippen MR) is 73.3 cm³/mol. The average molecular weight is 306 g/mol. The molecule has 22 heavy (non-hydrogen) atoms. The highest BCUT2D eigenvalue weighted by Crippen LogP contribution is 2.48. The van der Waals surface area contributed by atoms with Gasteiger partial charge in [0.1, 0.15) is 28.9 Å². The Labute approximate surface area is 125 Å². The van der Waals surface area contributed by atoms with Crippen molar-refractivity contribution in [3.8, 4) is 11.5 Å². The van der Waals surface area contributed by atoms with E-state index >= 15 is 0 Å². The Morgan fingerprint density at radius 3 is 2.82 bits per heavy atom. The molecule has 1 aromatic carbocycles. The number of aliphatic hydroxyl groups is 2. The van der Waals surface area contributed by atoms with Gasteiger partial charge >= 0.3 is 5.97 Å². The van der Waals surface area contributed by atoms with Crippen molar-refractivity contribution >= 4 is 17.5 Å². The van der Waals surface area contributed by atoms with Crippen LogP contribution in [0.2, 0.25) is 0 Å². The van der Waals surface area contributed by atoms with Gasteiger partial charge in [-0.1, -0.05) is 6.07 Å². The number of carbonyl (C=O) groups excluding carboxylic acids is 2. The third kappa shape index (κ3) is 1.66. The van der Waals surface area contributed by atoms with Crippen molar-refractivity contribution in [2.24, 2.45) is 0 Å². The van der Waals surface area contributed by atoms with E-state index in [1.807, 2.05) is 0 Å². The van der Waals surface area contributed by atoms with Crippen LogP contribution in [0.5, 0.6) is 11.5 Å². The molecule has 1 heterocycles. The van der Waals surface area contributed by atoms with Crippen molar-refractivity contribution in [3.63, 3.8) is 0 Å². The molecule has 0 saturated heterocycles. The highest BCUT2D eigenvalue weighted by molar-refractivity contribution is 6.12. The van der Waals surface area contributed by atoms with Crippen LogP contribution >= 0.6 is 0 Å². The van der Waals surface area contributed by atoms with Gasteiger partial charge in [-0.25, -0.2) is 4.79 Å². The van der Waals surface area contributed by atoms with Gasteiger partial charge in [-0.2, -0.15) is 0 Å². The summed E-state index contributed by atoms with van der Waals surface area (Å²) in [6.07, 6.45) is -1.41. The van der Waals surface area contributed by atoms with E-state index in [1.54, 1.807) is 0 Å². The first-order chi connectivity index (χ1) is 10.4. The SMILES string of the molecule is COC(=O)C12Oc3cccc(O)c3C(O)=C1C(=O)CCC2O. The lowest BCUT2D eigenvalue weighted by Crippen LogP contribution is -2.61. The number of esters is 1. The molecule has 1 aromatic rings. The Morgan fingerprint density at radius 2 is 2.14 bits per heavy atom. The number of hydrogen-bond donors (Lipinski definition) is 3.